The van der Waals surface area contributed by atoms with E-state index in [2.05, 4.69) is 46.9 Å². The Morgan fingerprint density at radius 1 is 1.55 bits per heavy atom. The molecule has 1 heterocycles. The van der Waals surface area contributed by atoms with Gasteiger partial charge in [-0.05, 0) is 31.6 Å². The molecule has 0 bridgehead atoms. The molecular weight excluding hydrogens is 266 g/mol. The first-order chi connectivity index (χ1) is 9.70. The summed E-state index contributed by atoms with van der Waals surface area (Å²) in [6.07, 6.45) is 7.52. The Kier molecular flexibility index (Phi) is 6.27. The highest BCUT2D eigenvalue weighted by Gasteiger charge is 2.24. The van der Waals surface area contributed by atoms with Crippen LogP contribution in [0.4, 0.5) is 0 Å². The number of hydrogen-bond donors (Lipinski definition) is 1. The Balaban J connectivity index is 1.78. The molecule has 0 aromatic rings. The van der Waals surface area contributed by atoms with E-state index in [1.165, 1.54) is 31.4 Å². The first kappa shape index (κ1) is 15.7. The van der Waals surface area contributed by atoms with Gasteiger partial charge in [-0.15, -0.1) is 0 Å². The molecule has 1 aliphatic carbocycles. The van der Waals surface area contributed by atoms with Gasteiger partial charge in [-0.25, -0.2) is 0 Å². The van der Waals surface area contributed by atoms with Crippen molar-refractivity contribution in [1.82, 2.24) is 10.2 Å². The highest BCUT2D eigenvalue weighted by molar-refractivity contribution is 8.00. The predicted octanol–water partition coefficient (Wildman–Crippen LogP) is 3.14. The molecule has 1 N–H and O–H groups in total. The molecule has 0 radical (unpaired) electrons. The first-order valence-electron chi connectivity index (χ1n) is 7.96. The van der Waals surface area contributed by atoms with Gasteiger partial charge in [0.1, 0.15) is 0 Å². The number of hydrogen-bond acceptors (Lipinski definition) is 2. The molecule has 1 saturated heterocycles. The summed E-state index contributed by atoms with van der Waals surface area (Å²) in [5.74, 6) is 3.05. The summed E-state index contributed by atoms with van der Waals surface area (Å²) in [5, 5.41) is 4.29. The summed E-state index contributed by atoms with van der Waals surface area (Å²) in [5.41, 5.74) is 1.63. The van der Waals surface area contributed by atoms with Gasteiger partial charge in [-0.2, -0.15) is 11.8 Å². The zero-order valence-electron chi connectivity index (χ0n) is 13.2. The maximum atomic E-state index is 4.47. The molecule has 1 unspecified atom stereocenters. The quantitative estimate of drug-likeness (QED) is 0.490. The Morgan fingerprint density at radius 3 is 3.05 bits per heavy atom. The lowest BCUT2D eigenvalue weighted by atomic mass is 10.1. The van der Waals surface area contributed by atoms with Crippen LogP contribution in [-0.4, -0.2) is 48.5 Å². The van der Waals surface area contributed by atoms with Crippen LogP contribution in [-0.2, 0) is 0 Å². The number of guanidine groups is 1. The van der Waals surface area contributed by atoms with Crippen molar-refractivity contribution in [1.29, 1.82) is 0 Å². The molecule has 1 aliphatic heterocycles. The highest BCUT2D eigenvalue weighted by Crippen LogP contribution is 2.25. The van der Waals surface area contributed by atoms with Crippen molar-refractivity contribution in [3.05, 3.63) is 11.6 Å². The van der Waals surface area contributed by atoms with E-state index in [4.69, 9.17) is 0 Å². The van der Waals surface area contributed by atoms with Crippen LogP contribution in [0.25, 0.3) is 0 Å². The second-order valence-electron chi connectivity index (χ2n) is 6.08. The van der Waals surface area contributed by atoms with Crippen molar-refractivity contribution in [2.75, 3.05) is 32.4 Å². The molecule has 0 aromatic carbocycles. The SMILES string of the molecule is CN=C(NCCC1=CCCC1)N1CCSC(C(C)C)C1. The lowest BCUT2D eigenvalue weighted by molar-refractivity contribution is 0.381. The van der Waals surface area contributed by atoms with Crippen LogP contribution in [0.1, 0.15) is 39.5 Å². The Hall–Kier alpha value is -0.640. The van der Waals surface area contributed by atoms with E-state index in [0.717, 1.165) is 36.8 Å². The van der Waals surface area contributed by atoms with Crippen molar-refractivity contribution < 1.29 is 0 Å². The maximum absolute atomic E-state index is 4.47. The number of nitrogens with zero attached hydrogens (tertiary/aromatic N) is 2. The average molecular weight is 295 g/mol. The van der Waals surface area contributed by atoms with E-state index >= 15 is 0 Å². The minimum absolute atomic E-state index is 0.736. The second-order valence-corrected chi connectivity index (χ2v) is 7.42. The number of rotatable bonds is 4. The molecular formula is C16H29N3S. The molecule has 2 rings (SSSR count). The van der Waals surface area contributed by atoms with Gasteiger partial charge >= 0.3 is 0 Å². The number of allylic oxidation sites excluding steroid dienone is 1. The Morgan fingerprint density at radius 2 is 2.40 bits per heavy atom. The van der Waals surface area contributed by atoms with Gasteiger partial charge in [0.05, 0.1) is 0 Å². The zero-order chi connectivity index (χ0) is 14.4. The summed E-state index contributed by atoms with van der Waals surface area (Å²) in [7, 11) is 1.91. The van der Waals surface area contributed by atoms with Gasteiger partial charge in [0, 0.05) is 37.7 Å². The fourth-order valence-electron chi connectivity index (χ4n) is 2.90. The molecule has 0 aromatic heterocycles. The summed E-state index contributed by atoms with van der Waals surface area (Å²) < 4.78 is 0. The third-order valence-electron chi connectivity index (χ3n) is 4.21. The van der Waals surface area contributed by atoms with Crippen molar-refractivity contribution in [3.63, 3.8) is 0 Å². The zero-order valence-corrected chi connectivity index (χ0v) is 14.0. The molecule has 0 saturated carbocycles. The van der Waals surface area contributed by atoms with Crippen molar-refractivity contribution in [2.45, 2.75) is 44.8 Å². The first-order valence-corrected chi connectivity index (χ1v) is 9.00. The van der Waals surface area contributed by atoms with Crippen LogP contribution in [0.15, 0.2) is 16.6 Å². The summed E-state index contributed by atoms with van der Waals surface area (Å²) in [6, 6.07) is 0. The van der Waals surface area contributed by atoms with E-state index in [9.17, 15) is 0 Å². The molecule has 0 spiro atoms. The van der Waals surface area contributed by atoms with Crippen molar-refractivity contribution in [3.8, 4) is 0 Å². The van der Waals surface area contributed by atoms with Crippen LogP contribution in [0.3, 0.4) is 0 Å². The van der Waals surface area contributed by atoms with Crippen LogP contribution in [0, 0.1) is 5.92 Å². The smallest absolute Gasteiger partial charge is 0.193 e. The average Bonchev–Trinajstić information content (AvgIpc) is 2.97. The lowest BCUT2D eigenvalue weighted by Gasteiger charge is -2.36. The fraction of sp³-hybridized carbons (Fsp3) is 0.812. The number of aliphatic imine (C=N–C) groups is 1. The summed E-state index contributed by atoms with van der Waals surface area (Å²) >= 11 is 2.11. The van der Waals surface area contributed by atoms with Crippen LogP contribution < -0.4 is 5.32 Å². The van der Waals surface area contributed by atoms with Crippen LogP contribution in [0.5, 0.6) is 0 Å². The topological polar surface area (TPSA) is 27.6 Å². The highest BCUT2D eigenvalue weighted by atomic mass is 32.2. The van der Waals surface area contributed by atoms with E-state index in [1.807, 2.05) is 7.05 Å². The molecule has 114 valence electrons. The number of nitrogens with one attached hydrogen (secondary N) is 1. The summed E-state index contributed by atoms with van der Waals surface area (Å²) in [4.78, 5) is 6.91. The minimum Gasteiger partial charge on any atom is -0.356 e. The fourth-order valence-corrected chi connectivity index (χ4v) is 4.20. The molecule has 0 amide bonds. The van der Waals surface area contributed by atoms with Gasteiger partial charge in [-0.3, -0.25) is 4.99 Å². The largest absolute Gasteiger partial charge is 0.356 e. The Labute approximate surface area is 128 Å². The normalized spacial score (nSPS) is 24.2. The predicted molar refractivity (Wildman–Crippen MR) is 90.6 cm³/mol. The van der Waals surface area contributed by atoms with Gasteiger partial charge in [0.25, 0.3) is 0 Å². The van der Waals surface area contributed by atoms with Gasteiger partial charge < -0.3 is 10.2 Å². The number of thioether (sulfide) groups is 1. The standard InChI is InChI=1S/C16H29N3S/c1-13(2)15-12-19(10-11-20-15)16(17-3)18-9-8-14-6-4-5-7-14/h6,13,15H,4-5,7-12H2,1-3H3,(H,17,18). The molecule has 1 fully saturated rings. The maximum Gasteiger partial charge on any atom is 0.193 e. The van der Waals surface area contributed by atoms with Crippen LogP contribution >= 0.6 is 11.8 Å². The van der Waals surface area contributed by atoms with Gasteiger partial charge in [-0.1, -0.05) is 25.5 Å². The molecule has 1 atom stereocenters. The molecule has 2 aliphatic rings. The second kappa shape index (κ2) is 7.96. The van der Waals surface area contributed by atoms with Crippen molar-refractivity contribution >= 4 is 17.7 Å². The lowest BCUT2D eigenvalue weighted by Crippen LogP contribution is -2.49. The van der Waals surface area contributed by atoms with Crippen molar-refractivity contribution in [2.24, 2.45) is 10.9 Å². The van der Waals surface area contributed by atoms with E-state index in [0.29, 0.717) is 0 Å². The Bertz CT molecular complexity index is 363. The molecule has 4 heteroatoms. The van der Waals surface area contributed by atoms with Gasteiger partial charge in [0.15, 0.2) is 5.96 Å². The van der Waals surface area contributed by atoms with E-state index < -0.39 is 0 Å². The van der Waals surface area contributed by atoms with E-state index in [-0.39, 0.29) is 0 Å². The molecule has 3 nitrogen and oxygen atoms in total. The third-order valence-corrected chi connectivity index (χ3v) is 5.75. The van der Waals surface area contributed by atoms with E-state index in [1.54, 1.807) is 5.57 Å². The van der Waals surface area contributed by atoms with Crippen LogP contribution in [0.2, 0.25) is 0 Å². The van der Waals surface area contributed by atoms with Gasteiger partial charge in [0.2, 0.25) is 0 Å². The minimum atomic E-state index is 0.736. The molecule has 20 heavy (non-hydrogen) atoms. The monoisotopic (exact) mass is 295 g/mol. The summed E-state index contributed by atoms with van der Waals surface area (Å²) in [6.45, 7) is 7.92. The third kappa shape index (κ3) is 4.44.